The number of amides is 1. The lowest BCUT2D eigenvalue weighted by molar-refractivity contribution is -0.141. The highest BCUT2D eigenvalue weighted by atomic mass is 16.4. The van der Waals surface area contributed by atoms with E-state index in [0.717, 1.165) is 0 Å². The van der Waals surface area contributed by atoms with Crippen molar-refractivity contribution in [3.63, 3.8) is 0 Å². The lowest BCUT2D eigenvalue weighted by Gasteiger charge is -2.14. The summed E-state index contributed by atoms with van der Waals surface area (Å²) in [4.78, 5) is 20.5. The Morgan fingerprint density at radius 2 is 1.84 bits per heavy atom. The molecule has 5 N–H and O–H groups in total. The molecule has 0 aliphatic rings. The summed E-state index contributed by atoms with van der Waals surface area (Å²) in [6, 6.07) is 8.72. The number of aliphatic hydroxyl groups excluding tert-OH is 1. The minimum Gasteiger partial charge on any atom is -0.481 e. The van der Waals surface area contributed by atoms with Gasteiger partial charge < -0.3 is 21.3 Å². The van der Waals surface area contributed by atoms with Crippen molar-refractivity contribution in [2.45, 2.75) is 18.9 Å². The van der Waals surface area contributed by atoms with Crippen LogP contribution < -0.4 is 11.1 Å². The van der Waals surface area contributed by atoms with E-state index < -0.39 is 18.0 Å². The number of rotatable bonds is 5. The van der Waals surface area contributed by atoms with E-state index >= 15 is 0 Å². The van der Waals surface area contributed by atoms with Crippen LogP contribution in [0.25, 0.3) is 0 Å². The Bertz CT molecular complexity index is 393. The second-order valence-electron chi connectivity index (χ2n) is 3.96. The van der Waals surface area contributed by atoms with Crippen molar-refractivity contribution in [3.8, 4) is 0 Å². The third-order valence-electron chi connectivity index (χ3n) is 2.26. The summed E-state index contributed by atoms with van der Waals surface area (Å²) in [6.07, 6.45) is -0.875. The molecule has 2 unspecified atom stereocenters. The predicted octanol–water partition coefficient (Wildman–Crippen LogP) is -0.0733. The number of carbonyl (C=O) groups is 2. The molecular formula is C13H20N2O4. The third kappa shape index (κ3) is 7.17. The van der Waals surface area contributed by atoms with Gasteiger partial charge in [0.1, 0.15) is 5.92 Å². The zero-order valence-electron chi connectivity index (χ0n) is 11.0. The first-order chi connectivity index (χ1) is 8.90. The number of hydrogen-bond donors (Lipinski definition) is 4. The maximum absolute atomic E-state index is 10.8. The van der Waals surface area contributed by atoms with Crippen molar-refractivity contribution in [2.75, 3.05) is 13.6 Å². The van der Waals surface area contributed by atoms with E-state index in [9.17, 15) is 14.7 Å². The number of aliphatic carboxylic acids is 1. The smallest absolute Gasteiger partial charge is 0.313 e. The van der Waals surface area contributed by atoms with E-state index in [1.54, 1.807) is 31.3 Å². The van der Waals surface area contributed by atoms with Crippen LogP contribution in [0.5, 0.6) is 0 Å². The van der Waals surface area contributed by atoms with Crippen molar-refractivity contribution in [1.29, 1.82) is 0 Å². The van der Waals surface area contributed by atoms with Gasteiger partial charge in [-0.3, -0.25) is 9.59 Å². The van der Waals surface area contributed by atoms with E-state index in [-0.39, 0.29) is 12.5 Å². The van der Waals surface area contributed by atoms with Gasteiger partial charge in [0, 0.05) is 0 Å². The van der Waals surface area contributed by atoms with Crippen LogP contribution in [0.4, 0.5) is 0 Å². The molecule has 1 aromatic carbocycles. The number of primary amides is 1. The first-order valence-corrected chi connectivity index (χ1v) is 5.78. The van der Waals surface area contributed by atoms with Gasteiger partial charge in [0.15, 0.2) is 0 Å². The van der Waals surface area contributed by atoms with Gasteiger partial charge in [-0.15, -0.1) is 0 Å². The third-order valence-corrected chi connectivity index (χ3v) is 2.26. The minimum absolute atomic E-state index is 0.264. The molecule has 106 valence electrons. The molecule has 0 aliphatic carbocycles. The first-order valence-electron chi connectivity index (χ1n) is 5.78. The summed E-state index contributed by atoms with van der Waals surface area (Å²) in [5.74, 6) is -2.15. The molecule has 0 fully saturated rings. The monoisotopic (exact) mass is 268 g/mol. The van der Waals surface area contributed by atoms with E-state index in [1.165, 1.54) is 6.92 Å². The van der Waals surface area contributed by atoms with E-state index in [2.05, 4.69) is 5.32 Å². The van der Waals surface area contributed by atoms with Gasteiger partial charge in [-0.2, -0.15) is 0 Å². The molecule has 0 radical (unpaired) electrons. The molecule has 6 nitrogen and oxygen atoms in total. The summed E-state index contributed by atoms with van der Waals surface area (Å²) >= 11 is 0. The maximum Gasteiger partial charge on any atom is 0.313 e. The van der Waals surface area contributed by atoms with Crippen molar-refractivity contribution < 1.29 is 19.8 Å². The quantitative estimate of drug-likeness (QED) is 0.597. The van der Waals surface area contributed by atoms with Crippen LogP contribution in [0, 0.1) is 0 Å². The number of benzene rings is 1. The van der Waals surface area contributed by atoms with E-state index in [1.807, 2.05) is 6.07 Å². The first kappa shape index (κ1) is 17.1. The largest absolute Gasteiger partial charge is 0.481 e. The summed E-state index contributed by atoms with van der Waals surface area (Å²) in [7, 11) is 1.67. The molecule has 19 heavy (non-hydrogen) atoms. The van der Waals surface area contributed by atoms with Crippen LogP contribution in [0.1, 0.15) is 18.4 Å². The van der Waals surface area contributed by atoms with Crippen LogP contribution in [-0.2, 0) is 9.59 Å². The minimum atomic E-state index is -0.999. The maximum atomic E-state index is 10.8. The highest BCUT2D eigenvalue weighted by Crippen LogP contribution is 2.19. The summed E-state index contributed by atoms with van der Waals surface area (Å²) in [5.41, 5.74) is 5.33. The van der Waals surface area contributed by atoms with Crippen molar-refractivity contribution in [2.24, 2.45) is 5.73 Å². The highest BCUT2D eigenvalue weighted by Gasteiger charge is 2.24. The Kier molecular flexibility index (Phi) is 8.15. The van der Waals surface area contributed by atoms with Crippen molar-refractivity contribution in [3.05, 3.63) is 35.9 Å². The molecule has 0 heterocycles. The normalized spacial score (nSPS) is 12.8. The van der Waals surface area contributed by atoms with E-state index in [4.69, 9.17) is 10.8 Å². The number of carboxylic acid groups (broad SMARTS) is 1. The standard InChI is InChI=1S/C10H12O3.C3H8N2O/c1-7(11)9(10(12)13)8-5-3-2-4-6-8;1-5-2-3(4)6/h2-7,9,11H,1H3,(H,12,13);5H,2H2,1H3,(H2,4,6). The highest BCUT2D eigenvalue weighted by molar-refractivity contribution is 5.76. The van der Waals surface area contributed by atoms with Crippen LogP contribution in [0.3, 0.4) is 0 Å². The molecule has 0 spiro atoms. The molecule has 1 amide bonds. The van der Waals surface area contributed by atoms with Gasteiger partial charge in [0.2, 0.25) is 5.91 Å². The molecule has 0 aromatic heterocycles. The fraction of sp³-hybridized carbons (Fsp3) is 0.385. The number of nitrogens with one attached hydrogen (secondary N) is 1. The number of hydrogen-bond acceptors (Lipinski definition) is 4. The Labute approximate surface area is 112 Å². The molecule has 6 heteroatoms. The van der Waals surface area contributed by atoms with Crippen molar-refractivity contribution in [1.82, 2.24) is 5.32 Å². The molecule has 0 aliphatic heterocycles. The van der Waals surface area contributed by atoms with Gasteiger partial charge in [-0.05, 0) is 19.5 Å². The Balaban J connectivity index is 0.000000459. The van der Waals surface area contributed by atoms with E-state index in [0.29, 0.717) is 5.56 Å². The lowest BCUT2D eigenvalue weighted by Crippen LogP contribution is -2.25. The Morgan fingerprint density at radius 3 is 2.11 bits per heavy atom. The van der Waals surface area contributed by atoms with Crippen molar-refractivity contribution >= 4 is 11.9 Å². The van der Waals surface area contributed by atoms with Crippen LogP contribution >= 0.6 is 0 Å². The lowest BCUT2D eigenvalue weighted by atomic mass is 9.95. The molecule has 1 aromatic rings. The fourth-order valence-electron chi connectivity index (χ4n) is 1.46. The zero-order valence-corrected chi connectivity index (χ0v) is 11.0. The average Bonchev–Trinajstić information content (AvgIpc) is 2.29. The van der Waals surface area contributed by atoms with Gasteiger partial charge in [0.25, 0.3) is 0 Å². The molecule has 0 bridgehead atoms. The molecule has 2 atom stereocenters. The van der Waals surface area contributed by atoms with Gasteiger partial charge >= 0.3 is 5.97 Å². The molecule has 1 rings (SSSR count). The van der Waals surface area contributed by atoms with Gasteiger partial charge in [0.05, 0.1) is 12.6 Å². The predicted molar refractivity (Wildman–Crippen MR) is 71.6 cm³/mol. The van der Waals surface area contributed by atoms with Gasteiger partial charge in [-0.1, -0.05) is 30.3 Å². The van der Waals surface area contributed by atoms with Crippen LogP contribution in [-0.4, -0.2) is 41.8 Å². The molecular weight excluding hydrogens is 248 g/mol. The van der Waals surface area contributed by atoms with Crippen LogP contribution in [0.2, 0.25) is 0 Å². The summed E-state index contributed by atoms with van der Waals surface area (Å²) in [6.45, 7) is 1.74. The molecule has 0 saturated heterocycles. The zero-order chi connectivity index (χ0) is 14.8. The second-order valence-corrected chi connectivity index (χ2v) is 3.96. The Hall–Kier alpha value is -1.92. The Morgan fingerprint density at radius 1 is 1.32 bits per heavy atom. The number of likely N-dealkylation sites (N-methyl/N-ethyl adjacent to an activating group) is 1. The second kappa shape index (κ2) is 9.07. The fourth-order valence-corrected chi connectivity index (χ4v) is 1.46. The number of carbonyl (C=O) groups excluding carboxylic acids is 1. The molecule has 0 saturated carbocycles. The average molecular weight is 268 g/mol. The SMILES string of the molecule is CC(O)C(C(=O)O)c1ccccc1.CNCC(N)=O. The van der Waals surface area contributed by atoms with Crippen LogP contribution in [0.15, 0.2) is 30.3 Å². The summed E-state index contributed by atoms with van der Waals surface area (Å²) in [5, 5.41) is 20.7. The van der Waals surface area contributed by atoms with Gasteiger partial charge in [-0.25, -0.2) is 0 Å². The summed E-state index contributed by atoms with van der Waals surface area (Å²) < 4.78 is 0. The number of carboxylic acids is 1. The topological polar surface area (TPSA) is 113 Å². The number of nitrogens with two attached hydrogens (primary N) is 1. The number of aliphatic hydroxyl groups is 1.